The predicted octanol–water partition coefficient (Wildman–Crippen LogP) is 2.64. The molecule has 1 saturated carbocycles. The van der Waals surface area contributed by atoms with Crippen molar-refractivity contribution in [2.75, 3.05) is 6.61 Å². The van der Waals surface area contributed by atoms with Gasteiger partial charge in [0.1, 0.15) is 0 Å². The van der Waals surface area contributed by atoms with E-state index in [0.717, 1.165) is 31.2 Å². The Kier molecular flexibility index (Phi) is 5.41. The SMILES string of the molecule is CC(C)c1ccc(S(=O)(=O)NC2CCCCC2CO)cc1. The molecule has 2 N–H and O–H groups in total. The fourth-order valence-electron chi connectivity index (χ4n) is 2.88. The second kappa shape index (κ2) is 6.90. The molecule has 0 bridgehead atoms. The van der Waals surface area contributed by atoms with Crippen molar-refractivity contribution in [1.82, 2.24) is 4.72 Å². The molecule has 0 heterocycles. The highest BCUT2D eigenvalue weighted by atomic mass is 32.2. The summed E-state index contributed by atoms with van der Waals surface area (Å²) in [6, 6.07) is 6.90. The number of benzene rings is 1. The highest BCUT2D eigenvalue weighted by Gasteiger charge is 2.28. The molecule has 2 atom stereocenters. The monoisotopic (exact) mass is 311 g/mol. The minimum Gasteiger partial charge on any atom is -0.396 e. The van der Waals surface area contributed by atoms with Gasteiger partial charge in [0.05, 0.1) is 4.90 Å². The summed E-state index contributed by atoms with van der Waals surface area (Å²) < 4.78 is 27.7. The molecule has 0 amide bonds. The Bertz CT molecular complexity index is 551. The fourth-order valence-corrected chi connectivity index (χ4v) is 4.22. The van der Waals surface area contributed by atoms with Crippen molar-refractivity contribution in [3.8, 4) is 0 Å². The smallest absolute Gasteiger partial charge is 0.240 e. The second-order valence-corrected chi connectivity index (χ2v) is 7.89. The van der Waals surface area contributed by atoms with Gasteiger partial charge in [-0.05, 0) is 42.4 Å². The maximum absolute atomic E-state index is 12.5. The lowest BCUT2D eigenvalue weighted by Crippen LogP contribution is -2.43. The Morgan fingerprint density at radius 2 is 1.81 bits per heavy atom. The van der Waals surface area contributed by atoms with E-state index in [0.29, 0.717) is 10.8 Å². The topological polar surface area (TPSA) is 66.4 Å². The molecule has 1 aliphatic carbocycles. The molecular formula is C16H25NO3S. The van der Waals surface area contributed by atoms with E-state index in [1.807, 2.05) is 12.1 Å². The van der Waals surface area contributed by atoms with Gasteiger partial charge in [-0.1, -0.05) is 38.8 Å². The van der Waals surface area contributed by atoms with Crippen LogP contribution < -0.4 is 4.72 Å². The first-order valence-electron chi connectivity index (χ1n) is 7.67. The number of aliphatic hydroxyl groups is 1. The quantitative estimate of drug-likeness (QED) is 0.878. The number of nitrogens with one attached hydrogen (secondary N) is 1. The van der Waals surface area contributed by atoms with E-state index in [2.05, 4.69) is 18.6 Å². The molecule has 0 aliphatic heterocycles. The average Bonchev–Trinajstić information content (AvgIpc) is 2.47. The molecule has 4 nitrogen and oxygen atoms in total. The first kappa shape index (κ1) is 16.5. The standard InChI is InChI=1S/C16H25NO3S/c1-12(2)13-7-9-15(10-8-13)21(19,20)17-16-6-4-3-5-14(16)11-18/h7-10,12,14,16-18H,3-6,11H2,1-2H3. The molecule has 1 aliphatic rings. The predicted molar refractivity (Wildman–Crippen MR) is 83.7 cm³/mol. The highest BCUT2D eigenvalue weighted by molar-refractivity contribution is 7.89. The van der Waals surface area contributed by atoms with Crippen LogP contribution >= 0.6 is 0 Å². The molecule has 1 fully saturated rings. The van der Waals surface area contributed by atoms with E-state index in [1.165, 1.54) is 0 Å². The highest BCUT2D eigenvalue weighted by Crippen LogP contribution is 2.26. The summed E-state index contributed by atoms with van der Waals surface area (Å²) in [5.74, 6) is 0.412. The van der Waals surface area contributed by atoms with Gasteiger partial charge < -0.3 is 5.11 Å². The fraction of sp³-hybridized carbons (Fsp3) is 0.625. The van der Waals surface area contributed by atoms with Crippen molar-refractivity contribution in [2.24, 2.45) is 5.92 Å². The summed E-state index contributed by atoms with van der Waals surface area (Å²) in [6.45, 7) is 4.20. The van der Waals surface area contributed by atoms with Gasteiger partial charge in [-0.3, -0.25) is 0 Å². The van der Waals surface area contributed by atoms with E-state index in [4.69, 9.17) is 0 Å². The molecule has 1 aromatic rings. The zero-order chi connectivity index (χ0) is 15.5. The molecule has 0 saturated heterocycles. The van der Waals surface area contributed by atoms with Crippen molar-refractivity contribution in [1.29, 1.82) is 0 Å². The minimum absolute atomic E-state index is 0.0310. The van der Waals surface area contributed by atoms with Crippen LogP contribution in [0.5, 0.6) is 0 Å². The zero-order valence-electron chi connectivity index (χ0n) is 12.7. The Morgan fingerprint density at radius 1 is 1.19 bits per heavy atom. The van der Waals surface area contributed by atoms with Crippen molar-refractivity contribution in [2.45, 2.75) is 56.4 Å². The van der Waals surface area contributed by atoms with Crippen molar-refractivity contribution in [3.63, 3.8) is 0 Å². The van der Waals surface area contributed by atoms with E-state index >= 15 is 0 Å². The van der Waals surface area contributed by atoms with E-state index in [9.17, 15) is 13.5 Å². The van der Waals surface area contributed by atoms with E-state index in [-0.39, 0.29) is 18.6 Å². The summed E-state index contributed by atoms with van der Waals surface area (Å²) in [7, 11) is -3.51. The van der Waals surface area contributed by atoms with Crippen LogP contribution in [-0.2, 0) is 10.0 Å². The molecule has 21 heavy (non-hydrogen) atoms. The van der Waals surface area contributed by atoms with Crippen molar-refractivity contribution < 1.29 is 13.5 Å². The summed E-state index contributed by atoms with van der Waals surface area (Å²) >= 11 is 0. The first-order valence-corrected chi connectivity index (χ1v) is 9.15. The van der Waals surface area contributed by atoms with Crippen LogP contribution in [0.4, 0.5) is 0 Å². The molecular weight excluding hydrogens is 286 g/mol. The number of hydrogen-bond acceptors (Lipinski definition) is 3. The van der Waals surface area contributed by atoms with Crippen molar-refractivity contribution >= 4 is 10.0 Å². The van der Waals surface area contributed by atoms with E-state index < -0.39 is 10.0 Å². The minimum atomic E-state index is -3.51. The zero-order valence-corrected chi connectivity index (χ0v) is 13.6. The first-order chi connectivity index (χ1) is 9.94. The Morgan fingerprint density at radius 3 is 2.38 bits per heavy atom. The third kappa shape index (κ3) is 4.05. The van der Waals surface area contributed by atoms with Gasteiger partial charge in [0, 0.05) is 12.6 Å². The molecule has 2 rings (SSSR count). The lowest BCUT2D eigenvalue weighted by Gasteiger charge is -2.30. The Balaban J connectivity index is 2.13. The van der Waals surface area contributed by atoms with Gasteiger partial charge in [0.25, 0.3) is 0 Å². The second-order valence-electron chi connectivity index (χ2n) is 6.18. The summed E-state index contributed by atoms with van der Waals surface area (Å²) in [6.07, 6.45) is 3.76. The number of rotatable bonds is 5. The molecule has 0 aromatic heterocycles. The van der Waals surface area contributed by atoms with Crippen LogP contribution in [0, 0.1) is 5.92 Å². The van der Waals surface area contributed by atoms with Crippen LogP contribution in [0.25, 0.3) is 0 Å². The largest absolute Gasteiger partial charge is 0.396 e. The van der Waals surface area contributed by atoms with Crippen LogP contribution in [0.2, 0.25) is 0 Å². The molecule has 5 heteroatoms. The van der Waals surface area contributed by atoms with Gasteiger partial charge in [0.15, 0.2) is 0 Å². The van der Waals surface area contributed by atoms with Gasteiger partial charge in [-0.15, -0.1) is 0 Å². The van der Waals surface area contributed by atoms with Gasteiger partial charge in [0.2, 0.25) is 10.0 Å². The summed E-state index contributed by atoms with van der Waals surface area (Å²) in [4.78, 5) is 0.300. The maximum atomic E-state index is 12.5. The third-order valence-electron chi connectivity index (χ3n) is 4.31. The maximum Gasteiger partial charge on any atom is 0.240 e. The number of sulfonamides is 1. The molecule has 1 aromatic carbocycles. The number of hydrogen-bond donors (Lipinski definition) is 2. The van der Waals surface area contributed by atoms with E-state index in [1.54, 1.807) is 12.1 Å². The number of aliphatic hydroxyl groups excluding tert-OH is 1. The third-order valence-corrected chi connectivity index (χ3v) is 5.81. The van der Waals surface area contributed by atoms with Crippen LogP contribution in [0.15, 0.2) is 29.2 Å². The van der Waals surface area contributed by atoms with Crippen LogP contribution in [0.1, 0.15) is 51.0 Å². The van der Waals surface area contributed by atoms with Gasteiger partial charge >= 0.3 is 0 Å². The Labute approximate surface area is 127 Å². The molecule has 0 radical (unpaired) electrons. The molecule has 0 spiro atoms. The lowest BCUT2D eigenvalue weighted by molar-refractivity contribution is 0.164. The normalized spacial score (nSPS) is 23.4. The van der Waals surface area contributed by atoms with Gasteiger partial charge in [-0.25, -0.2) is 13.1 Å². The molecule has 118 valence electrons. The lowest BCUT2D eigenvalue weighted by atomic mass is 9.86. The molecule has 2 unspecified atom stereocenters. The average molecular weight is 311 g/mol. The van der Waals surface area contributed by atoms with Crippen LogP contribution in [-0.4, -0.2) is 26.2 Å². The van der Waals surface area contributed by atoms with Crippen LogP contribution in [0.3, 0.4) is 0 Å². The summed E-state index contributed by atoms with van der Waals surface area (Å²) in [5.41, 5.74) is 1.12. The summed E-state index contributed by atoms with van der Waals surface area (Å²) in [5, 5.41) is 9.39. The van der Waals surface area contributed by atoms with Crippen molar-refractivity contribution in [3.05, 3.63) is 29.8 Å². The Hall–Kier alpha value is -0.910. The van der Waals surface area contributed by atoms with Gasteiger partial charge in [-0.2, -0.15) is 0 Å².